The number of methoxy groups -OCH3 is 1. The smallest absolute Gasteiger partial charge is 0.320 e. The third kappa shape index (κ3) is 3.20. The zero-order valence-corrected chi connectivity index (χ0v) is 15.0. The number of Topliss-reactive ketones (excluding diaryl/α,β-unsaturated/α-hetero) is 1. The molecule has 3 nitrogen and oxygen atoms in total. The van der Waals surface area contributed by atoms with Crippen LogP contribution in [0.2, 0.25) is 18.1 Å². The van der Waals surface area contributed by atoms with E-state index < -0.39 is 19.5 Å². The van der Waals surface area contributed by atoms with Gasteiger partial charge in [-0.1, -0.05) is 62.3 Å². The second-order valence-electron chi connectivity index (χ2n) is 6.18. The van der Waals surface area contributed by atoms with Crippen molar-refractivity contribution in [3.63, 3.8) is 0 Å². The molecule has 1 atom stereocenters. The zero-order chi connectivity index (χ0) is 16.3. The lowest BCUT2D eigenvalue weighted by molar-refractivity contribution is -0.156. The first-order valence-corrected chi connectivity index (χ1v) is 10.5. The van der Waals surface area contributed by atoms with E-state index in [-0.39, 0.29) is 5.78 Å². The van der Waals surface area contributed by atoms with E-state index in [4.69, 9.17) is 4.74 Å². The van der Waals surface area contributed by atoms with Gasteiger partial charge in [0.05, 0.1) is 15.2 Å². The van der Waals surface area contributed by atoms with Gasteiger partial charge in [0.15, 0.2) is 0 Å². The molecule has 1 fully saturated rings. The Morgan fingerprint density at radius 2 is 1.76 bits per heavy atom. The maximum absolute atomic E-state index is 12.1. The number of hydrogen-bond donors (Lipinski definition) is 0. The van der Waals surface area contributed by atoms with Gasteiger partial charge in [0.1, 0.15) is 11.2 Å². The standard InChI is InChI=1S/C17H28O3Si/c1-7-21(8-2,9-3)12-15-11-17(14(5)18,10-13(15)4)16(19)20-6/h12H,4,7-11H2,1-3,5-6H3/b15-12-. The fourth-order valence-electron chi connectivity index (χ4n) is 3.30. The highest BCUT2D eigenvalue weighted by Crippen LogP contribution is 2.47. The summed E-state index contributed by atoms with van der Waals surface area (Å²) in [6.07, 6.45) is 0.866. The van der Waals surface area contributed by atoms with Crippen molar-refractivity contribution in [1.82, 2.24) is 0 Å². The Morgan fingerprint density at radius 3 is 2.14 bits per heavy atom. The summed E-state index contributed by atoms with van der Waals surface area (Å²) in [6.45, 7) is 12.3. The molecule has 0 radical (unpaired) electrons. The van der Waals surface area contributed by atoms with Crippen LogP contribution in [-0.4, -0.2) is 26.9 Å². The monoisotopic (exact) mass is 308 g/mol. The average molecular weight is 308 g/mol. The minimum Gasteiger partial charge on any atom is -0.468 e. The first kappa shape index (κ1) is 17.9. The Hall–Kier alpha value is -1.16. The summed E-state index contributed by atoms with van der Waals surface area (Å²) in [5.74, 6) is -0.535. The van der Waals surface area contributed by atoms with Crippen molar-refractivity contribution in [3.8, 4) is 0 Å². The van der Waals surface area contributed by atoms with Crippen LogP contribution >= 0.6 is 0 Å². The van der Waals surface area contributed by atoms with Crippen LogP contribution < -0.4 is 0 Å². The topological polar surface area (TPSA) is 43.4 Å². The second-order valence-corrected chi connectivity index (χ2v) is 11.3. The minimum atomic E-state index is -1.45. The van der Waals surface area contributed by atoms with E-state index in [2.05, 4.69) is 33.0 Å². The Balaban J connectivity index is 3.23. The molecule has 118 valence electrons. The van der Waals surface area contributed by atoms with Crippen LogP contribution in [0.15, 0.2) is 23.4 Å². The van der Waals surface area contributed by atoms with Gasteiger partial charge in [-0.05, 0) is 19.8 Å². The molecular formula is C17H28O3Si. The summed E-state index contributed by atoms with van der Waals surface area (Å²) >= 11 is 0. The Kier molecular flexibility index (Phi) is 5.73. The molecule has 1 aliphatic carbocycles. The molecule has 0 aromatic heterocycles. The van der Waals surface area contributed by atoms with Crippen molar-refractivity contribution < 1.29 is 14.3 Å². The highest BCUT2D eigenvalue weighted by molar-refractivity contribution is 6.84. The zero-order valence-electron chi connectivity index (χ0n) is 14.0. The van der Waals surface area contributed by atoms with Crippen molar-refractivity contribution >= 4 is 19.8 Å². The quantitative estimate of drug-likeness (QED) is 0.422. The maximum atomic E-state index is 12.1. The first-order chi connectivity index (χ1) is 9.80. The van der Waals surface area contributed by atoms with E-state index in [1.54, 1.807) is 0 Å². The van der Waals surface area contributed by atoms with Crippen molar-refractivity contribution in [1.29, 1.82) is 0 Å². The molecule has 0 aromatic rings. The van der Waals surface area contributed by atoms with Crippen LogP contribution in [0.4, 0.5) is 0 Å². The summed E-state index contributed by atoms with van der Waals surface area (Å²) in [7, 11) is -0.105. The van der Waals surface area contributed by atoms with Crippen LogP contribution in [0.5, 0.6) is 0 Å². The Bertz CT molecular complexity index is 466. The Labute approximate surface area is 129 Å². The molecule has 0 aromatic carbocycles. The summed E-state index contributed by atoms with van der Waals surface area (Å²) in [5.41, 5.74) is 3.41. The third-order valence-corrected chi connectivity index (χ3v) is 10.5. The van der Waals surface area contributed by atoms with Crippen LogP contribution in [0.25, 0.3) is 0 Å². The molecule has 0 saturated heterocycles. The van der Waals surface area contributed by atoms with E-state index in [1.807, 2.05) is 0 Å². The van der Waals surface area contributed by atoms with Crippen LogP contribution in [0.1, 0.15) is 40.5 Å². The molecule has 1 unspecified atom stereocenters. The molecule has 1 saturated carbocycles. The van der Waals surface area contributed by atoms with E-state index in [0.29, 0.717) is 12.8 Å². The van der Waals surface area contributed by atoms with Gasteiger partial charge in [-0.15, -0.1) is 0 Å². The number of ketones is 1. The van der Waals surface area contributed by atoms with Gasteiger partial charge in [-0.25, -0.2) is 0 Å². The molecule has 0 bridgehead atoms. The lowest BCUT2D eigenvalue weighted by Crippen LogP contribution is -2.36. The highest BCUT2D eigenvalue weighted by atomic mass is 28.3. The van der Waals surface area contributed by atoms with Crippen LogP contribution in [0, 0.1) is 5.41 Å². The van der Waals surface area contributed by atoms with Crippen LogP contribution in [0.3, 0.4) is 0 Å². The predicted molar refractivity (Wildman–Crippen MR) is 88.8 cm³/mol. The lowest BCUT2D eigenvalue weighted by atomic mass is 9.82. The molecule has 21 heavy (non-hydrogen) atoms. The number of allylic oxidation sites excluding steroid dienone is 2. The van der Waals surface area contributed by atoms with E-state index in [0.717, 1.165) is 11.1 Å². The van der Waals surface area contributed by atoms with Gasteiger partial charge in [0, 0.05) is 0 Å². The molecule has 0 amide bonds. The van der Waals surface area contributed by atoms with Crippen molar-refractivity contribution in [3.05, 3.63) is 23.4 Å². The number of rotatable bonds is 6. The first-order valence-electron chi connectivity index (χ1n) is 7.80. The lowest BCUT2D eigenvalue weighted by Gasteiger charge is -2.25. The number of carbonyl (C=O) groups excluding carboxylic acids is 2. The van der Waals surface area contributed by atoms with Crippen LogP contribution in [-0.2, 0) is 14.3 Å². The third-order valence-electron chi connectivity index (χ3n) is 5.30. The molecule has 0 aliphatic heterocycles. The van der Waals surface area contributed by atoms with Gasteiger partial charge >= 0.3 is 5.97 Å². The number of carbonyl (C=O) groups is 2. The van der Waals surface area contributed by atoms with Gasteiger partial charge in [-0.2, -0.15) is 0 Å². The fourth-order valence-corrected chi connectivity index (χ4v) is 6.46. The molecule has 0 spiro atoms. The normalized spacial score (nSPS) is 24.4. The summed E-state index contributed by atoms with van der Waals surface area (Å²) in [6, 6.07) is 3.55. The van der Waals surface area contributed by atoms with Gasteiger partial charge in [0.2, 0.25) is 0 Å². The molecule has 1 aliphatic rings. The Morgan fingerprint density at radius 1 is 1.24 bits per heavy atom. The van der Waals surface area contributed by atoms with Crippen molar-refractivity contribution in [2.75, 3.05) is 7.11 Å². The molecule has 0 heterocycles. The molecule has 0 N–H and O–H groups in total. The van der Waals surface area contributed by atoms with Gasteiger partial charge < -0.3 is 4.74 Å². The number of esters is 1. The van der Waals surface area contributed by atoms with Gasteiger partial charge in [-0.3, -0.25) is 9.59 Å². The SMILES string of the molecule is C=C1CC(C(C)=O)(C(=O)OC)C/C1=C/[Si](CC)(CC)CC. The summed E-state index contributed by atoms with van der Waals surface area (Å²) < 4.78 is 4.89. The predicted octanol–water partition coefficient (Wildman–Crippen LogP) is 4.06. The number of hydrogen-bond acceptors (Lipinski definition) is 3. The summed E-state index contributed by atoms with van der Waals surface area (Å²) in [4.78, 5) is 24.2. The highest BCUT2D eigenvalue weighted by Gasteiger charge is 2.50. The number of ether oxygens (including phenoxy) is 1. The van der Waals surface area contributed by atoms with Gasteiger partial charge in [0.25, 0.3) is 0 Å². The average Bonchev–Trinajstić information content (AvgIpc) is 2.82. The minimum absolute atomic E-state index is 0.115. The van der Waals surface area contributed by atoms with Crippen molar-refractivity contribution in [2.45, 2.75) is 58.7 Å². The fraction of sp³-hybridized carbons (Fsp3) is 0.647. The molecule has 4 heteroatoms. The van der Waals surface area contributed by atoms with E-state index in [9.17, 15) is 9.59 Å². The summed E-state index contributed by atoms with van der Waals surface area (Å²) in [5, 5.41) is 0. The second kappa shape index (κ2) is 6.73. The molecular weight excluding hydrogens is 280 g/mol. The largest absolute Gasteiger partial charge is 0.468 e. The van der Waals surface area contributed by atoms with Crippen molar-refractivity contribution in [2.24, 2.45) is 5.41 Å². The van der Waals surface area contributed by atoms with E-state index in [1.165, 1.54) is 32.2 Å². The maximum Gasteiger partial charge on any atom is 0.320 e. The molecule has 1 rings (SSSR count). The van der Waals surface area contributed by atoms with E-state index >= 15 is 0 Å².